The van der Waals surface area contributed by atoms with Crippen molar-refractivity contribution in [2.24, 2.45) is 0 Å². The highest BCUT2D eigenvalue weighted by molar-refractivity contribution is 5.93. The molecule has 0 atom stereocenters. The molecule has 0 unspecified atom stereocenters. The first kappa shape index (κ1) is 20.1. The van der Waals surface area contributed by atoms with E-state index in [0.717, 1.165) is 11.1 Å². The molecular formula is C22H24N4O3. The van der Waals surface area contributed by atoms with Crippen LogP contribution in [0.3, 0.4) is 0 Å². The van der Waals surface area contributed by atoms with Gasteiger partial charge in [0.15, 0.2) is 0 Å². The van der Waals surface area contributed by atoms with Crippen molar-refractivity contribution in [2.45, 2.75) is 20.4 Å². The number of anilines is 2. The largest absolute Gasteiger partial charge is 0.497 e. The normalized spacial score (nSPS) is 10.3. The predicted octanol–water partition coefficient (Wildman–Crippen LogP) is 3.78. The molecule has 0 bridgehead atoms. The van der Waals surface area contributed by atoms with Crippen LogP contribution in [-0.4, -0.2) is 30.1 Å². The van der Waals surface area contributed by atoms with Gasteiger partial charge in [-0.15, -0.1) is 0 Å². The highest BCUT2D eigenvalue weighted by Gasteiger charge is 2.13. The summed E-state index contributed by atoms with van der Waals surface area (Å²) in [7, 11) is 3.18. The molecule has 1 heterocycles. The standard InChI is InChI=1S/C22H24N4O3/c1-14-7-5-6-8-16(14)13-23-22(27)19-12-21(25-15(2)24-19)26-18-11-17(28-3)9-10-20(18)29-4/h5-12H,13H2,1-4H3,(H,23,27)(H,24,25,26). The smallest absolute Gasteiger partial charge is 0.270 e. The minimum Gasteiger partial charge on any atom is -0.497 e. The summed E-state index contributed by atoms with van der Waals surface area (Å²) in [5.74, 6) is 2.02. The first-order valence-corrected chi connectivity index (χ1v) is 9.17. The van der Waals surface area contributed by atoms with Crippen LogP contribution in [0, 0.1) is 13.8 Å². The van der Waals surface area contributed by atoms with Crippen LogP contribution >= 0.6 is 0 Å². The molecule has 0 radical (unpaired) electrons. The number of aromatic nitrogens is 2. The van der Waals surface area contributed by atoms with Crippen LogP contribution in [0.1, 0.15) is 27.4 Å². The van der Waals surface area contributed by atoms with E-state index in [4.69, 9.17) is 9.47 Å². The molecule has 0 saturated carbocycles. The van der Waals surface area contributed by atoms with Crippen LogP contribution in [0.4, 0.5) is 11.5 Å². The molecule has 29 heavy (non-hydrogen) atoms. The summed E-state index contributed by atoms with van der Waals surface area (Å²) in [6, 6.07) is 14.9. The maximum atomic E-state index is 12.6. The monoisotopic (exact) mass is 392 g/mol. The van der Waals surface area contributed by atoms with E-state index in [0.29, 0.717) is 35.4 Å². The average Bonchev–Trinajstić information content (AvgIpc) is 2.72. The van der Waals surface area contributed by atoms with Gasteiger partial charge in [-0.1, -0.05) is 24.3 Å². The second kappa shape index (κ2) is 9.05. The van der Waals surface area contributed by atoms with Crippen LogP contribution in [0.25, 0.3) is 0 Å². The topological polar surface area (TPSA) is 85.4 Å². The van der Waals surface area contributed by atoms with Gasteiger partial charge in [-0.25, -0.2) is 9.97 Å². The molecule has 0 aliphatic carbocycles. The lowest BCUT2D eigenvalue weighted by molar-refractivity contribution is 0.0945. The van der Waals surface area contributed by atoms with E-state index >= 15 is 0 Å². The first-order chi connectivity index (χ1) is 14.0. The zero-order valence-corrected chi connectivity index (χ0v) is 16.9. The number of hydrogen-bond donors (Lipinski definition) is 2. The Kier molecular flexibility index (Phi) is 6.29. The van der Waals surface area contributed by atoms with E-state index in [1.54, 1.807) is 45.4 Å². The third-order valence-corrected chi connectivity index (χ3v) is 4.44. The van der Waals surface area contributed by atoms with E-state index in [2.05, 4.69) is 20.6 Å². The van der Waals surface area contributed by atoms with E-state index in [1.165, 1.54) is 0 Å². The molecule has 1 aromatic heterocycles. The van der Waals surface area contributed by atoms with Gasteiger partial charge in [-0.2, -0.15) is 0 Å². The molecule has 150 valence electrons. The van der Waals surface area contributed by atoms with E-state index in [-0.39, 0.29) is 11.6 Å². The van der Waals surface area contributed by atoms with Gasteiger partial charge in [0.25, 0.3) is 5.91 Å². The number of benzene rings is 2. The average molecular weight is 392 g/mol. The fourth-order valence-electron chi connectivity index (χ4n) is 2.87. The zero-order valence-electron chi connectivity index (χ0n) is 16.9. The van der Waals surface area contributed by atoms with Crippen molar-refractivity contribution < 1.29 is 14.3 Å². The fraction of sp³-hybridized carbons (Fsp3) is 0.227. The molecule has 2 N–H and O–H groups in total. The van der Waals surface area contributed by atoms with Gasteiger partial charge < -0.3 is 20.1 Å². The maximum absolute atomic E-state index is 12.6. The number of hydrogen-bond acceptors (Lipinski definition) is 6. The molecule has 0 aliphatic rings. The molecular weight excluding hydrogens is 368 g/mol. The van der Waals surface area contributed by atoms with Gasteiger partial charge in [0.05, 0.1) is 19.9 Å². The molecule has 3 rings (SSSR count). The SMILES string of the molecule is COc1ccc(OC)c(Nc2cc(C(=O)NCc3ccccc3C)nc(C)n2)c1. The number of ether oxygens (including phenoxy) is 2. The summed E-state index contributed by atoms with van der Waals surface area (Å²) in [4.78, 5) is 21.3. The molecule has 3 aromatic rings. The lowest BCUT2D eigenvalue weighted by atomic mass is 10.1. The molecule has 7 heteroatoms. The number of amides is 1. The minimum atomic E-state index is -0.264. The number of rotatable bonds is 7. The molecule has 0 spiro atoms. The first-order valence-electron chi connectivity index (χ1n) is 9.17. The van der Waals surface area contributed by atoms with Crippen LogP contribution in [0.5, 0.6) is 11.5 Å². The Morgan fingerprint density at radius 3 is 2.52 bits per heavy atom. The number of carbonyl (C=O) groups excluding carboxylic acids is 1. The number of carbonyl (C=O) groups is 1. The zero-order chi connectivity index (χ0) is 20.8. The van der Waals surface area contributed by atoms with Crippen molar-refractivity contribution in [1.82, 2.24) is 15.3 Å². The van der Waals surface area contributed by atoms with Crippen molar-refractivity contribution >= 4 is 17.4 Å². The van der Waals surface area contributed by atoms with Gasteiger partial charge >= 0.3 is 0 Å². The lowest BCUT2D eigenvalue weighted by Crippen LogP contribution is -2.24. The Morgan fingerprint density at radius 2 is 1.79 bits per heavy atom. The highest BCUT2D eigenvalue weighted by Crippen LogP contribution is 2.31. The van der Waals surface area contributed by atoms with Gasteiger partial charge in [-0.05, 0) is 37.1 Å². The number of methoxy groups -OCH3 is 2. The summed E-state index contributed by atoms with van der Waals surface area (Å²) < 4.78 is 10.7. The molecule has 1 amide bonds. The quantitative estimate of drug-likeness (QED) is 0.636. The van der Waals surface area contributed by atoms with E-state index in [9.17, 15) is 4.79 Å². The Balaban J connectivity index is 1.79. The summed E-state index contributed by atoms with van der Waals surface area (Å²) in [5, 5.41) is 6.09. The second-order valence-corrected chi connectivity index (χ2v) is 6.49. The third kappa shape index (κ3) is 5.01. The van der Waals surface area contributed by atoms with Crippen LogP contribution < -0.4 is 20.1 Å². The number of nitrogens with zero attached hydrogens (tertiary/aromatic N) is 2. The summed E-state index contributed by atoms with van der Waals surface area (Å²) in [6.07, 6.45) is 0. The maximum Gasteiger partial charge on any atom is 0.270 e. The molecule has 0 fully saturated rings. The molecule has 7 nitrogen and oxygen atoms in total. The summed E-state index contributed by atoms with van der Waals surface area (Å²) in [6.45, 7) is 4.19. The Bertz CT molecular complexity index is 1020. The van der Waals surface area contributed by atoms with Gasteiger partial charge in [-0.3, -0.25) is 4.79 Å². The van der Waals surface area contributed by atoms with Crippen molar-refractivity contribution in [1.29, 1.82) is 0 Å². The highest BCUT2D eigenvalue weighted by atomic mass is 16.5. The van der Waals surface area contributed by atoms with E-state index in [1.807, 2.05) is 31.2 Å². The van der Waals surface area contributed by atoms with E-state index < -0.39 is 0 Å². The van der Waals surface area contributed by atoms with Crippen molar-refractivity contribution in [2.75, 3.05) is 19.5 Å². The Hall–Kier alpha value is -3.61. The van der Waals surface area contributed by atoms with Gasteiger partial charge in [0, 0.05) is 18.7 Å². The molecule has 0 aliphatic heterocycles. The Labute approximate surface area is 170 Å². The molecule has 0 saturated heterocycles. The summed E-state index contributed by atoms with van der Waals surface area (Å²) in [5.41, 5.74) is 3.15. The van der Waals surface area contributed by atoms with Crippen LogP contribution in [0.2, 0.25) is 0 Å². The number of nitrogens with one attached hydrogen (secondary N) is 2. The second-order valence-electron chi connectivity index (χ2n) is 6.49. The Morgan fingerprint density at radius 1 is 1.00 bits per heavy atom. The minimum absolute atomic E-state index is 0.264. The molecule has 2 aromatic carbocycles. The summed E-state index contributed by atoms with van der Waals surface area (Å²) >= 11 is 0. The fourth-order valence-corrected chi connectivity index (χ4v) is 2.87. The van der Waals surface area contributed by atoms with Crippen molar-refractivity contribution in [3.63, 3.8) is 0 Å². The van der Waals surface area contributed by atoms with Crippen molar-refractivity contribution in [3.8, 4) is 11.5 Å². The van der Waals surface area contributed by atoms with Crippen LogP contribution in [-0.2, 0) is 6.54 Å². The van der Waals surface area contributed by atoms with Gasteiger partial charge in [0.1, 0.15) is 28.8 Å². The predicted molar refractivity (Wildman–Crippen MR) is 112 cm³/mol. The van der Waals surface area contributed by atoms with Crippen LogP contribution in [0.15, 0.2) is 48.5 Å². The van der Waals surface area contributed by atoms with Gasteiger partial charge in [0.2, 0.25) is 0 Å². The van der Waals surface area contributed by atoms with Crippen molar-refractivity contribution in [3.05, 3.63) is 71.2 Å². The number of aryl methyl sites for hydroxylation is 2. The third-order valence-electron chi connectivity index (χ3n) is 4.44. The lowest BCUT2D eigenvalue weighted by Gasteiger charge is -2.13.